The molecule has 3 nitrogen and oxygen atoms in total. The molecule has 0 fully saturated rings. The van der Waals surface area contributed by atoms with Gasteiger partial charge in [0.1, 0.15) is 0 Å². The summed E-state index contributed by atoms with van der Waals surface area (Å²) in [7, 11) is 0. The summed E-state index contributed by atoms with van der Waals surface area (Å²) in [6.45, 7) is 3.51. The first-order valence-electron chi connectivity index (χ1n) is 5.03. The summed E-state index contributed by atoms with van der Waals surface area (Å²) < 4.78 is 0. The summed E-state index contributed by atoms with van der Waals surface area (Å²) in [5.74, 6) is -0.165. The molecule has 1 aromatic carbocycles. The molecule has 0 spiro atoms. The maximum Gasteiger partial charge on any atom is 0.221 e. The lowest BCUT2D eigenvalue weighted by molar-refractivity contribution is -0.114. The van der Waals surface area contributed by atoms with Gasteiger partial charge in [-0.3, -0.25) is 9.59 Å². The van der Waals surface area contributed by atoms with E-state index >= 15 is 0 Å². The first-order chi connectivity index (χ1) is 7.17. The Bertz CT molecular complexity index is 372. The van der Waals surface area contributed by atoms with E-state index in [9.17, 15) is 9.59 Å². The van der Waals surface area contributed by atoms with Crippen molar-refractivity contribution >= 4 is 17.9 Å². The molecule has 0 aliphatic rings. The molecule has 0 radical (unpaired) electrons. The van der Waals surface area contributed by atoms with Crippen LogP contribution in [0.2, 0.25) is 0 Å². The molecule has 1 N–H and O–H groups in total. The Morgan fingerprint density at radius 3 is 2.73 bits per heavy atom. The second-order valence-electron chi connectivity index (χ2n) is 3.47. The van der Waals surface area contributed by atoms with E-state index in [2.05, 4.69) is 12.2 Å². The van der Waals surface area contributed by atoms with Crippen LogP contribution in [0.1, 0.15) is 36.2 Å². The van der Waals surface area contributed by atoms with Crippen LogP contribution in [0, 0.1) is 0 Å². The fraction of sp³-hybridized carbons (Fsp3) is 0.333. The van der Waals surface area contributed by atoms with Crippen LogP contribution in [-0.4, -0.2) is 12.2 Å². The highest BCUT2D eigenvalue weighted by atomic mass is 16.1. The average molecular weight is 205 g/mol. The van der Waals surface area contributed by atoms with Crippen molar-refractivity contribution < 1.29 is 9.59 Å². The number of benzene rings is 1. The molecule has 0 aliphatic heterocycles. The molecule has 0 saturated carbocycles. The third kappa shape index (κ3) is 3.20. The lowest BCUT2D eigenvalue weighted by atomic mass is 10.1. The number of aryl methyl sites for hydroxylation is 1. The van der Waals surface area contributed by atoms with Crippen molar-refractivity contribution in [3.8, 4) is 0 Å². The molecule has 0 saturated heterocycles. The second kappa shape index (κ2) is 5.29. The Morgan fingerprint density at radius 2 is 2.20 bits per heavy atom. The first kappa shape index (κ1) is 11.4. The molecule has 1 amide bonds. The van der Waals surface area contributed by atoms with E-state index in [1.165, 1.54) is 6.92 Å². The Labute approximate surface area is 89.5 Å². The van der Waals surface area contributed by atoms with Crippen LogP contribution in [0.15, 0.2) is 18.2 Å². The molecular weight excluding hydrogens is 190 g/mol. The predicted octanol–water partition coefficient (Wildman–Crippen LogP) is 2.41. The van der Waals surface area contributed by atoms with E-state index in [0.29, 0.717) is 11.3 Å². The highest BCUT2D eigenvalue weighted by Gasteiger charge is 2.04. The molecular formula is C12H15NO2. The third-order valence-electron chi connectivity index (χ3n) is 2.09. The number of rotatable bonds is 4. The van der Waals surface area contributed by atoms with Crippen molar-refractivity contribution in [2.45, 2.75) is 26.7 Å². The van der Waals surface area contributed by atoms with Crippen LogP contribution in [0.25, 0.3) is 0 Å². The Kier molecular flexibility index (Phi) is 4.03. The lowest BCUT2D eigenvalue weighted by Gasteiger charge is -2.07. The normalized spacial score (nSPS) is 9.73. The number of carbonyl (C=O) groups excluding carboxylic acids is 2. The fourth-order valence-electron chi connectivity index (χ4n) is 1.46. The van der Waals surface area contributed by atoms with Crippen LogP contribution in [0.4, 0.5) is 5.69 Å². The van der Waals surface area contributed by atoms with Crippen molar-refractivity contribution in [3.05, 3.63) is 29.3 Å². The zero-order valence-electron chi connectivity index (χ0n) is 9.04. The molecule has 15 heavy (non-hydrogen) atoms. The number of hydrogen-bond donors (Lipinski definition) is 1. The second-order valence-corrected chi connectivity index (χ2v) is 3.47. The number of hydrogen-bond acceptors (Lipinski definition) is 2. The van der Waals surface area contributed by atoms with Crippen molar-refractivity contribution in [2.24, 2.45) is 0 Å². The molecule has 0 aliphatic carbocycles. The molecule has 0 heterocycles. The molecule has 0 bridgehead atoms. The number of carbonyl (C=O) groups is 2. The van der Waals surface area contributed by atoms with E-state index in [4.69, 9.17) is 0 Å². The topological polar surface area (TPSA) is 46.2 Å². The lowest BCUT2D eigenvalue weighted by Crippen LogP contribution is -2.08. The zero-order chi connectivity index (χ0) is 11.3. The van der Waals surface area contributed by atoms with Crippen LogP contribution in [0.5, 0.6) is 0 Å². The number of amides is 1. The maximum absolute atomic E-state index is 10.9. The maximum atomic E-state index is 10.9. The van der Waals surface area contributed by atoms with Gasteiger partial charge in [0.2, 0.25) is 5.91 Å². The van der Waals surface area contributed by atoms with Crippen molar-refractivity contribution in [1.29, 1.82) is 0 Å². The summed E-state index contributed by atoms with van der Waals surface area (Å²) in [5, 5.41) is 2.62. The quantitative estimate of drug-likeness (QED) is 0.767. The van der Waals surface area contributed by atoms with Gasteiger partial charge in [-0.25, -0.2) is 0 Å². The monoisotopic (exact) mass is 205 g/mol. The van der Waals surface area contributed by atoms with E-state index in [1.54, 1.807) is 6.07 Å². The zero-order valence-corrected chi connectivity index (χ0v) is 9.04. The third-order valence-corrected chi connectivity index (χ3v) is 2.09. The minimum absolute atomic E-state index is 0.165. The Morgan fingerprint density at radius 1 is 1.47 bits per heavy atom. The number of nitrogens with one attached hydrogen (secondary N) is 1. The van der Waals surface area contributed by atoms with Gasteiger partial charge in [-0.05, 0) is 24.1 Å². The molecule has 1 aromatic rings. The van der Waals surface area contributed by atoms with Gasteiger partial charge in [-0.15, -0.1) is 0 Å². The average Bonchev–Trinajstić information content (AvgIpc) is 2.20. The Balaban J connectivity index is 2.97. The van der Waals surface area contributed by atoms with Gasteiger partial charge in [0, 0.05) is 12.5 Å². The van der Waals surface area contributed by atoms with E-state index < -0.39 is 0 Å². The van der Waals surface area contributed by atoms with Crippen molar-refractivity contribution in [2.75, 3.05) is 5.32 Å². The SMILES string of the molecule is CCCc1ccc(NC(C)=O)c(C=O)c1. The van der Waals surface area contributed by atoms with E-state index in [0.717, 1.165) is 24.7 Å². The number of aldehydes is 1. The standard InChI is InChI=1S/C12H15NO2/c1-3-4-10-5-6-12(13-9(2)15)11(7-10)8-14/h5-8H,3-4H2,1-2H3,(H,13,15). The molecule has 80 valence electrons. The van der Waals surface area contributed by atoms with Gasteiger partial charge < -0.3 is 5.32 Å². The predicted molar refractivity (Wildman–Crippen MR) is 60.1 cm³/mol. The van der Waals surface area contributed by atoms with Gasteiger partial charge in [-0.1, -0.05) is 19.4 Å². The summed E-state index contributed by atoms with van der Waals surface area (Å²) in [4.78, 5) is 21.7. The van der Waals surface area contributed by atoms with E-state index in [-0.39, 0.29) is 5.91 Å². The highest BCUT2D eigenvalue weighted by Crippen LogP contribution is 2.16. The van der Waals surface area contributed by atoms with Crippen LogP contribution < -0.4 is 5.32 Å². The van der Waals surface area contributed by atoms with Gasteiger partial charge >= 0.3 is 0 Å². The minimum atomic E-state index is -0.165. The van der Waals surface area contributed by atoms with Gasteiger partial charge in [0.05, 0.1) is 5.69 Å². The van der Waals surface area contributed by atoms with Crippen molar-refractivity contribution in [1.82, 2.24) is 0 Å². The summed E-state index contributed by atoms with van der Waals surface area (Å²) in [6.07, 6.45) is 2.75. The molecule has 0 unspecified atom stereocenters. The van der Waals surface area contributed by atoms with E-state index in [1.807, 2.05) is 12.1 Å². The molecule has 3 heteroatoms. The Hall–Kier alpha value is -1.64. The van der Waals surface area contributed by atoms with Crippen molar-refractivity contribution in [3.63, 3.8) is 0 Å². The first-order valence-corrected chi connectivity index (χ1v) is 5.03. The minimum Gasteiger partial charge on any atom is -0.326 e. The molecule has 0 atom stereocenters. The van der Waals surface area contributed by atoms with Crippen LogP contribution in [0.3, 0.4) is 0 Å². The van der Waals surface area contributed by atoms with Crippen LogP contribution in [-0.2, 0) is 11.2 Å². The van der Waals surface area contributed by atoms with Gasteiger partial charge in [0.15, 0.2) is 6.29 Å². The summed E-state index contributed by atoms with van der Waals surface area (Å²) in [5.41, 5.74) is 2.24. The van der Waals surface area contributed by atoms with Gasteiger partial charge in [0.25, 0.3) is 0 Å². The van der Waals surface area contributed by atoms with Crippen LogP contribution >= 0.6 is 0 Å². The largest absolute Gasteiger partial charge is 0.326 e. The molecule has 0 aromatic heterocycles. The molecule has 1 rings (SSSR count). The smallest absolute Gasteiger partial charge is 0.221 e. The summed E-state index contributed by atoms with van der Waals surface area (Å²) >= 11 is 0. The summed E-state index contributed by atoms with van der Waals surface area (Å²) in [6, 6.07) is 5.53. The number of anilines is 1. The fourth-order valence-corrected chi connectivity index (χ4v) is 1.46. The highest BCUT2D eigenvalue weighted by molar-refractivity contribution is 5.95. The van der Waals surface area contributed by atoms with Gasteiger partial charge in [-0.2, -0.15) is 0 Å².